The van der Waals surface area contributed by atoms with Gasteiger partial charge in [-0.05, 0) is 32.8 Å². The Balaban J connectivity index is 2.52. The highest BCUT2D eigenvalue weighted by Gasteiger charge is 2.16. The molecular weight excluding hydrogens is 233 g/mol. The molecule has 1 N–H and O–H groups in total. The maximum Gasteiger partial charge on any atom is 0.165 e. The number of aliphatic hydroxyl groups is 1. The zero-order chi connectivity index (χ0) is 13.6. The van der Waals surface area contributed by atoms with E-state index in [0.29, 0.717) is 25.0 Å². The van der Waals surface area contributed by atoms with E-state index in [1.165, 1.54) is 12.1 Å². The molecule has 0 amide bonds. The fraction of sp³-hybridized carbons (Fsp3) is 0.500. The number of hydrogen-bond acceptors (Lipinski definition) is 3. The number of aliphatic hydroxyl groups excluding tert-OH is 1. The molecule has 0 unspecified atom stereocenters. The van der Waals surface area contributed by atoms with Gasteiger partial charge in [0.25, 0.3) is 0 Å². The second-order valence-electron chi connectivity index (χ2n) is 4.83. The standard InChI is InChI=1S/C14H18FNO2/c1-14(2,10-16)7-4-8-18-13-11(9-17)5-3-6-12(13)15/h3,5-6,17H,4,7-9H2,1-2H3. The van der Waals surface area contributed by atoms with Crippen LogP contribution in [0.15, 0.2) is 18.2 Å². The summed E-state index contributed by atoms with van der Waals surface area (Å²) in [5.74, 6) is -0.365. The molecule has 0 aromatic heterocycles. The summed E-state index contributed by atoms with van der Waals surface area (Å²) in [6, 6.07) is 6.66. The van der Waals surface area contributed by atoms with Crippen LogP contribution in [-0.2, 0) is 6.61 Å². The number of rotatable bonds is 6. The van der Waals surface area contributed by atoms with Crippen molar-refractivity contribution in [2.24, 2.45) is 5.41 Å². The maximum atomic E-state index is 13.5. The van der Waals surface area contributed by atoms with Crippen LogP contribution in [0, 0.1) is 22.6 Å². The van der Waals surface area contributed by atoms with Gasteiger partial charge in [-0.1, -0.05) is 12.1 Å². The molecule has 0 aliphatic heterocycles. The third-order valence-corrected chi connectivity index (χ3v) is 2.71. The topological polar surface area (TPSA) is 53.2 Å². The predicted octanol–water partition coefficient (Wildman–Crippen LogP) is 3.03. The van der Waals surface area contributed by atoms with E-state index in [1.54, 1.807) is 6.07 Å². The van der Waals surface area contributed by atoms with E-state index >= 15 is 0 Å². The smallest absolute Gasteiger partial charge is 0.165 e. The Kier molecular flexibility index (Phi) is 5.11. The number of nitriles is 1. The lowest BCUT2D eigenvalue weighted by molar-refractivity contribution is 0.246. The molecule has 18 heavy (non-hydrogen) atoms. The molecule has 0 saturated heterocycles. The average Bonchev–Trinajstić information content (AvgIpc) is 2.36. The van der Waals surface area contributed by atoms with Crippen molar-refractivity contribution in [3.8, 4) is 11.8 Å². The van der Waals surface area contributed by atoms with E-state index in [4.69, 9.17) is 15.1 Å². The highest BCUT2D eigenvalue weighted by Crippen LogP contribution is 2.24. The molecule has 0 aliphatic rings. The fourth-order valence-electron chi connectivity index (χ4n) is 1.58. The monoisotopic (exact) mass is 251 g/mol. The molecule has 0 heterocycles. The van der Waals surface area contributed by atoms with Crippen molar-refractivity contribution in [3.63, 3.8) is 0 Å². The van der Waals surface area contributed by atoms with Gasteiger partial charge in [-0.25, -0.2) is 4.39 Å². The zero-order valence-corrected chi connectivity index (χ0v) is 10.7. The van der Waals surface area contributed by atoms with Crippen LogP contribution in [0.1, 0.15) is 32.3 Å². The van der Waals surface area contributed by atoms with Crippen LogP contribution in [0.4, 0.5) is 4.39 Å². The van der Waals surface area contributed by atoms with Crippen LogP contribution < -0.4 is 4.74 Å². The van der Waals surface area contributed by atoms with Gasteiger partial charge in [0.1, 0.15) is 0 Å². The fourth-order valence-corrected chi connectivity index (χ4v) is 1.58. The molecule has 0 spiro atoms. The molecular formula is C14H18FNO2. The van der Waals surface area contributed by atoms with Crippen molar-refractivity contribution in [1.82, 2.24) is 0 Å². The third kappa shape index (κ3) is 4.01. The lowest BCUT2D eigenvalue weighted by Crippen LogP contribution is -2.11. The lowest BCUT2D eigenvalue weighted by Gasteiger charge is -2.15. The number of para-hydroxylation sites is 1. The van der Waals surface area contributed by atoms with Crippen molar-refractivity contribution >= 4 is 0 Å². The quantitative estimate of drug-likeness (QED) is 0.791. The van der Waals surface area contributed by atoms with E-state index in [9.17, 15) is 4.39 Å². The van der Waals surface area contributed by atoms with Crippen molar-refractivity contribution in [2.75, 3.05) is 6.61 Å². The van der Waals surface area contributed by atoms with Gasteiger partial charge in [0, 0.05) is 5.56 Å². The molecule has 1 aromatic carbocycles. The van der Waals surface area contributed by atoms with Crippen LogP contribution in [-0.4, -0.2) is 11.7 Å². The molecule has 4 heteroatoms. The normalized spacial score (nSPS) is 11.1. The number of nitrogens with zero attached hydrogens (tertiary/aromatic N) is 1. The first kappa shape index (κ1) is 14.5. The second-order valence-corrected chi connectivity index (χ2v) is 4.83. The summed E-state index contributed by atoms with van der Waals surface area (Å²) < 4.78 is 18.8. The molecule has 98 valence electrons. The van der Waals surface area contributed by atoms with Crippen LogP contribution >= 0.6 is 0 Å². The number of benzene rings is 1. The molecule has 3 nitrogen and oxygen atoms in total. The Labute approximate surface area is 107 Å². The summed E-state index contributed by atoms with van der Waals surface area (Å²) in [7, 11) is 0. The van der Waals surface area contributed by atoms with E-state index in [1.807, 2.05) is 13.8 Å². The van der Waals surface area contributed by atoms with Gasteiger partial charge in [-0.3, -0.25) is 0 Å². The summed E-state index contributed by atoms with van der Waals surface area (Å²) in [5.41, 5.74) is 0.0489. The van der Waals surface area contributed by atoms with Crippen LogP contribution in [0.2, 0.25) is 0 Å². The van der Waals surface area contributed by atoms with E-state index < -0.39 is 11.2 Å². The first-order valence-electron chi connectivity index (χ1n) is 5.92. The van der Waals surface area contributed by atoms with E-state index in [2.05, 4.69) is 6.07 Å². The van der Waals surface area contributed by atoms with Gasteiger partial charge in [-0.2, -0.15) is 5.26 Å². The van der Waals surface area contributed by atoms with Gasteiger partial charge >= 0.3 is 0 Å². The van der Waals surface area contributed by atoms with Gasteiger partial charge < -0.3 is 9.84 Å². The SMILES string of the molecule is CC(C)(C#N)CCCOc1c(F)cccc1CO. The minimum Gasteiger partial charge on any atom is -0.490 e. The molecule has 1 aromatic rings. The average molecular weight is 251 g/mol. The Bertz CT molecular complexity index is 438. The van der Waals surface area contributed by atoms with Crippen molar-refractivity contribution in [2.45, 2.75) is 33.3 Å². The van der Waals surface area contributed by atoms with E-state index in [-0.39, 0.29) is 12.4 Å². The molecule has 1 rings (SSSR count). The van der Waals surface area contributed by atoms with Gasteiger partial charge in [0.2, 0.25) is 0 Å². The summed E-state index contributed by atoms with van der Waals surface area (Å²) in [4.78, 5) is 0. The molecule has 0 bridgehead atoms. The number of halogens is 1. The van der Waals surface area contributed by atoms with Crippen LogP contribution in [0.3, 0.4) is 0 Å². The zero-order valence-electron chi connectivity index (χ0n) is 10.7. The first-order valence-corrected chi connectivity index (χ1v) is 5.92. The van der Waals surface area contributed by atoms with Gasteiger partial charge in [0.15, 0.2) is 11.6 Å². The highest BCUT2D eigenvalue weighted by molar-refractivity contribution is 5.34. The summed E-state index contributed by atoms with van der Waals surface area (Å²) >= 11 is 0. The third-order valence-electron chi connectivity index (χ3n) is 2.71. The van der Waals surface area contributed by atoms with Gasteiger partial charge in [-0.15, -0.1) is 0 Å². The van der Waals surface area contributed by atoms with Crippen molar-refractivity contribution < 1.29 is 14.2 Å². The molecule has 0 fully saturated rings. The van der Waals surface area contributed by atoms with Gasteiger partial charge in [0.05, 0.1) is 24.7 Å². The molecule has 0 radical (unpaired) electrons. The van der Waals surface area contributed by atoms with Crippen molar-refractivity contribution in [1.29, 1.82) is 5.26 Å². The second kappa shape index (κ2) is 6.36. The molecule has 0 aliphatic carbocycles. The summed E-state index contributed by atoms with van der Waals surface area (Å²) in [5, 5.41) is 17.9. The molecule has 0 atom stereocenters. The molecule has 0 saturated carbocycles. The van der Waals surface area contributed by atoms with Crippen LogP contribution in [0.5, 0.6) is 5.75 Å². The van der Waals surface area contributed by atoms with Crippen LogP contribution in [0.25, 0.3) is 0 Å². The Morgan fingerprint density at radius 2 is 2.17 bits per heavy atom. The minimum atomic E-state index is -0.471. The summed E-state index contributed by atoms with van der Waals surface area (Å²) in [6.07, 6.45) is 1.35. The number of hydrogen-bond donors (Lipinski definition) is 1. The minimum absolute atomic E-state index is 0.106. The summed E-state index contributed by atoms with van der Waals surface area (Å²) in [6.45, 7) is 3.79. The Hall–Kier alpha value is -1.60. The Morgan fingerprint density at radius 1 is 1.44 bits per heavy atom. The lowest BCUT2D eigenvalue weighted by atomic mass is 9.90. The van der Waals surface area contributed by atoms with Crippen molar-refractivity contribution in [3.05, 3.63) is 29.6 Å². The predicted molar refractivity (Wildman–Crippen MR) is 66.4 cm³/mol. The largest absolute Gasteiger partial charge is 0.490 e. The first-order chi connectivity index (χ1) is 8.50. The maximum absolute atomic E-state index is 13.5. The highest BCUT2D eigenvalue weighted by atomic mass is 19.1. The number of ether oxygens (including phenoxy) is 1. The Morgan fingerprint density at radius 3 is 2.78 bits per heavy atom. The van der Waals surface area contributed by atoms with E-state index in [0.717, 1.165) is 0 Å².